The first-order chi connectivity index (χ1) is 6.18. The van der Waals surface area contributed by atoms with E-state index in [-0.39, 0.29) is 5.69 Å². The van der Waals surface area contributed by atoms with Gasteiger partial charge >= 0.3 is 5.69 Å². The van der Waals surface area contributed by atoms with E-state index in [0.29, 0.717) is 10.6 Å². The van der Waals surface area contributed by atoms with E-state index in [1.807, 2.05) is 11.8 Å². The molecule has 1 aromatic heterocycles. The number of rotatable bonds is 2. The lowest BCUT2D eigenvalue weighted by atomic mass is 10.4. The van der Waals surface area contributed by atoms with Crippen LogP contribution in [0.3, 0.4) is 0 Å². The van der Waals surface area contributed by atoms with E-state index in [1.54, 1.807) is 4.68 Å². The van der Waals surface area contributed by atoms with E-state index in [0.717, 1.165) is 11.5 Å². The van der Waals surface area contributed by atoms with Crippen LogP contribution in [-0.4, -0.2) is 26.2 Å². The first-order valence-electron chi connectivity index (χ1n) is 3.65. The Hall–Kier alpha value is -0.560. The van der Waals surface area contributed by atoms with Crippen molar-refractivity contribution in [2.75, 3.05) is 11.5 Å². The number of nitro groups is 1. The molecule has 0 saturated carbocycles. The minimum Gasteiger partial charge on any atom is -0.260 e. The van der Waals surface area contributed by atoms with Crippen molar-refractivity contribution in [1.29, 1.82) is 0 Å². The highest BCUT2D eigenvalue weighted by Crippen LogP contribution is 2.32. The third-order valence-electron chi connectivity index (χ3n) is 1.86. The molecule has 70 valence electrons. The van der Waals surface area contributed by atoms with Crippen LogP contribution in [0.15, 0.2) is 10.8 Å². The highest BCUT2D eigenvalue weighted by Gasteiger charge is 2.25. The largest absolute Gasteiger partial charge is 0.321 e. The predicted molar refractivity (Wildman–Crippen MR) is 52.9 cm³/mol. The van der Waals surface area contributed by atoms with E-state index in [4.69, 9.17) is 0 Å². The van der Waals surface area contributed by atoms with Crippen LogP contribution in [0, 0.1) is 10.1 Å². The third-order valence-corrected chi connectivity index (χ3v) is 3.67. The van der Waals surface area contributed by atoms with E-state index in [9.17, 15) is 10.1 Å². The molecule has 1 aliphatic rings. The molecule has 5 nitrogen and oxygen atoms in total. The van der Waals surface area contributed by atoms with Gasteiger partial charge in [-0.3, -0.25) is 14.8 Å². The molecule has 0 aliphatic carbocycles. The van der Waals surface area contributed by atoms with E-state index in [2.05, 4.69) is 21.0 Å². The van der Waals surface area contributed by atoms with Crippen molar-refractivity contribution >= 4 is 33.4 Å². The molecule has 0 radical (unpaired) electrons. The van der Waals surface area contributed by atoms with Gasteiger partial charge < -0.3 is 0 Å². The molecule has 1 fully saturated rings. The standard InChI is InChI=1S/C6H6BrN3O2S/c7-6-5(10(11)12)1-9(8-6)4-2-13-3-4/h1,4H,2-3H2. The van der Waals surface area contributed by atoms with Crippen molar-refractivity contribution in [2.24, 2.45) is 0 Å². The van der Waals surface area contributed by atoms with Crippen LogP contribution in [0.1, 0.15) is 6.04 Å². The van der Waals surface area contributed by atoms with Crippen LogP contribution in [0.5, 0.6) is 0 Å². The second-order valence-electron chi connectivity index (χ2n) is 2.73. The minimum atomic E-state index is -0.431. The van der Waals surface area contributed by atoms with E-state index >= 15 is 0 Å². The van der Waals surface area contributed by atoms with Gasteiger partial charge in [0, 0.05) is 11.5 Å². The quantitative estimate of drug-likeness (QED) is 0.604. The first kappa shape index (κ1) is 9.01. The fourth-order valence-electron chi connectivity index (χ4n) is 1.05. The zero-order chi connectivity index (χ0) is 9.42. The van der Waals surface area contributed by atoms with Crippen molar-refractivity contribution in [3.8, 4) is 0 Å². The van der Waals surface area contributed by atoms with Gasteiger partial charge in [0.2, 0.25) is 4.60 Å². The Morgan fingerprint density at radius 2 is 2.46 bits per heavy atom. The van der Waals surface area contributed by atoms with E-state index in [1.165, 1.54) is 6.20 Å². The summed E-state index contributed by atoms with van der Waals surface area (Å²) in [6.45, 7) is 0. The SMILES string of the molecule is O=[N+]([O-])c1cn(C2CSC2)nc1Br. The van der Waals surface area contributed by atoms with Crippen LogP contribution < -0.4 is 0 Å². The first-order valence-corrected chi connectivity index (χ1v) is 5.60. The summed E-state index contributed by atoms with van der Waals surface area (Å²) in [6, 6.07) is 0.329. The van der Waals surface area contributed by atoms with E-state index < -0.39 is 4.92 Å². The zero-order valence-electron chi connectivity index (χ0n) is 6.51. The van der Waals surface area contributed by atoms with Gasteiger partial charge in [0.15, 0.2) is 0 Å². The Balaban J connectivity index is 2.28. The van der Waals surface area contributed by atoms with Gasteiger partial charge in [-0.15, -0.1) is 0 Å². The minimum absolute atomic E-state index is 0.0388. The smallest absolute Gasteiger partial charge is 0.260 e. The fraction of sp³-hybridized carbons (Fsp3) is 0.500. The highest BCUT2D eigenvalue weighted by atomic mass is 79.9. The van der Waals surface area contributed by atoms with Gasteiger partial charge in [0.05, 0.1) is 11.0 Å². The van der Waals surface area contributed by atoms with Gasteiger partial charge in [-0.25, -0.2) is 0 Å². The Labute approximate surface area is 86.8 Å². The molecule has 0 spiro atoms. The van der Waals surface area contributed by atoms with Crippen LogP contribution >= 0.6 is 27.7 Å². The molecular weight excluding hydrogens is 258 g/mol. The Bertz CT molecular complexity index is 350. The van der Waals surface area contributed by atoms with Crippen molar-refractivity contribution in [2.45, 2.75) is 6.04 Å². The summed E-state index contributed by atoms with van der Waals surface area (Å²) in [5.41, 5.74) is 0.0388. The molecular formula is C6H6BrN3O2S. The van der Waals surface area contributed by atoms with Crippen LogP contribution in [0.25, 0.3) is 0 Å². The molecule has 1 saturated heterocycles. The maximum atomic E-state index is 10.5. The Kier molecular flexibility index (Phi) is 2.29. The third kappa shape index (κ3) is 1.58. The second-order valence-corrected chi connectivity index (χ2v) is 4.56. The number of hydrogen-bond acceptors (Lipinski definition) is 4. The maximum absolute atomic E-state index is 10.5. The summed E-state index contributed by atoms with van der Waals surface area (Å²) < 4.78 is 1.98. The average Bonchev–Trinajstić information content (AvgIpc) is 2.27. The molecule has 0 amide bonds. The monoisotopic (exact) mass is 263 g/mol. The molecule has 0 aromatic carbocycles. The molecule has 0 N–H and O–H groups in total. The van der Waals surface area contributed by atoms with Crippen LogP contribution in [-0.2, 0) is 0 Å². The number of hydrogen-bond donors (Lipinski definition) is 0. The number of thioether (sulfide) groups is 1. The van der Waals surface area contributed by atoms with Crippen molar-refractivity contribution in [1.82, 2.24) is 9.78 Å². The van der Waals surface area contributed by atoms with Gasteiger partial charge in [0.25, 0.3) is 0 Å². The van der Waals surface area contributed by atoms with Gasteiger partial charge in [-0.05, 0) is 15.9 Å². The van der Waals surface area contributed by atoms with Crippen molar-refractivity contribution in [3.05, 3.63) is 20.9 Å². The summed E-state index contributed by atoms with van der Waals surface area (Å²) >= 11 is 4.88. The molecule has 2 rings (SSSR count). The molecule has 13 heavy (non-hydrogen) atoms. The summed E-state index contributed by atoms with van der Waals surface area (Å²) in [5.74, 6) is 1.98. The van der Waals surface area contributed by atoms with Gasteiger partial charge in [0.1, 0.15) is 6.20 Å². The van der Waals surface area contributed by atoms with Gasteiger partial charge in [-0.2, -0.15) is 16.9 Å². The maximum Gasteiger partial charge on any atom is 0.321 e. The highest BCUT2D eigenvalue weighted by molar-refractivity contribution is 9.10. The Morgan fingerprint density at radius 1 is 1.77 bits per heavy atom. The van der Waals surface area contributed by atoms with Gasteiger partial charge in [-0.1, -0.05) is 0 Å². The number of aromatic nitrogens is 2. The van der Waals surface area contributed by atoms with Crippen molar-refractivity contribution < 1.29 is 4.92 Å². The van der Waals surface area contributed by atoms with Crippen LogP contribution in [0.4, 0.5) is 5.69 Å². The molecule has 7 heteroatoms. The lowest BCUT2D eigenvalue weighted by molar-refractivity contribution is -0.385. The molecule has 0 atom stereocenters. The molecule has 1 aliphatic heterocycles. The Morgan fingerprint density at radius 3 is 2.85 bits per heavy atom. The lowest BCUT2D eigenvalue weighted by Gasteiger charge is -2.24. The summed E-state index contributed by atoms with van der Waals surface area (Å²) in [6.07, 6.45) is 1.48. The normalized spacial score (nSPS) is 17.0. The summed E-state index contributed by atoms with van der Waals surface area (Å²) in [7, 11) is 0. The number of halogens is 1. The van der Waals surface area contributed by atoms with Crippen molar-refractivity contribution in [3.63, 3.8) is 0 Å². The summed E-state index contributed by atoms with van der Waals surface area (Å²) in [5, 5.41) is 14.5. The summed E-state index contributed by atoms with van der Waals surface area (Å²) in [4.78, 5) is 10.0. The average molecular weight is 264 g/mol. The molecule has 1 aromatic rings. The zero-order valence-corrected chi connectivity index (χ0v) is 8.92. The predicted octanol–water partition coefficient (Wildman–Crippen LogP) is 1.84. The lowest BCUT2D eigenvalue weighted by Crippen LogP contribution is -2.23. The topological polar surface area (TPSA) is 61.0 Å². The second kappa shape index (κ2) is 3.30. The molecule has 2 heterocycles. The fourth-order valence-corrected chi connectivity index (χ4v) is 2.23. The number of nitrogens with zero attached hydrogens (tertiary/aromatic N) is 3. The molecule has 0 bridgehead atoms. The van der Waals surface area contributed by atoms with Crippen LogP contribution in [0.2, 0.25) is 0 Å². The molecule has 0 unspecified atom stereocenters.